The molecule has 0 aromatic heterocycles. The fourth-order valence-corrected chi connectivity index (χ4v) is 1.79. The number of amides is 1. The lowest BCUT2D eigenvalue weighted by atomic mass is 10.0. The van der Waals surface area contributed by atoms with Gasteiger partial charge in [0.15, 0.2) is 0 Å². The highest BCUT2D eigenvalue weighted by Gasteiger charge is 2.03. The third-order valence-corrected chi connectivity index (χ3v) is 3.19. The maximum atomic E-state index is 11.4. The van der Waals surface area contributed by atoms with Crippen LogP contribution in [0.4, 0.5) is 0 Å². The molecule has 0 spiro atoms. The quantitative estimate of drug-likeness (QED) is 0.558. The van der Waals surface area contributed by atoms with E-state index in [-0.39, 0.29) is 11.9 Å². The topological polar surface area (TPSA) is 41.1 Å². The van der Waals surface area contributed by atoms with E-state index >= 15 is 0 Å². The Kier molecular flexibility index (Phi) is 11.2. The first-order valence-corrected chi connectivity index (χ1v) is 7.56. The van der Waals surface area contributed by atoms with Crippen LogP contribution in [0.2, 0.25) is 0 Å². The number of unbranched alkanes of at least 4 members (excludes halogenated alkanes) is 3. The summed E-state index contributed by atoms with van der Waals surface area (Å²) in [6.07, 6.45) is 7.43. The Balaban J connectivity index is 3.22. The molecule has 0 aromatic rings. The highest BCUT2D eigenvalue weighted by atomic mass is 16.1. The van der Waals surface area contributed by atoms with E-state index in [9.17, 15) is 4.79 Å². The Morgan fingerprint density at radius 1 is 1.06 bits per heavy atom. The molecule has 0 aliphatic carbocycles. The number of rotatable bonds is 11. The summed E-state index contributed by atoms with van der Waals surface area (Å²) in [4.78, 5) is 11.4. The highest BCUT2D eigenvalue weighted by Crippen LogP contribution is 2.08. The first kappa shape index (κ1) is 17.4. The van der Waals surface area contributed by atoms with Crippen LogP contribution < -0.4 is 10.6 Å². The van der Waals surface area contributed by atoms with Gasteiger partial charge in [0.25, 0.3) is 0 Å². The smallest absolute Gasteiger partial charge is 0.234 e. The maximum absolute atomic E-state index is 11.4. The molecule has 0 bridgehead atoms. The molecule has 0 saturated carbocycles. The molecule has 0 rings (SSSR count). The van der Waals surface area contributed by atoms with E-state index in [1.807, 2.05) is 6.92 Å². The lowest BCUT2D eigenvalue weighted by molar-refractivity contribution is -0.120. The van der Waals surface area contributed by atoms with Crippen LogP contribution in [0.5, 0.6) is 0 Å². The molecular weight excluding hydrogens is 224 g/mol. The molecule has 108 valence electrons. The average Bonchev–Trinajstić information content (AvgIpc) is 2.31. The van der Waals surface area contributed by atoms with Gasteiger partial charge in [-0.05, 0) is 32.2 Å². The van der Waals surface area contributed by atoms with Crippen molar-refractivity contribution >= 4 is 5.91 Å². The van der Waals surface area contributed by atoms with Crippen molar-refractivity contribution in [3.8, 4) is 0 Å². The van der Waals surface area contributed by atoms with E-state index in [4.69, 9.17) is 0 Å². The summed E-state index contributed by atoms with van der Waals surface area (Å²) in [5, 5.41) is 6.15. The zero-order chi connectivity index (χ0) is 13.8. The van der Waals surface area contributed by atoms with Crippen molar-refractivity contribution in [3.63, 3.8) is 0 Å². The lowest BCUT2D eigenvalue weighted by Crippen LogP contribution is -2.38. The van der Waals surface area contributed by atoms with Gasteiger partial charge in [0.05, 0.1) is 6.54 Å². The van der Waals surface area contributed by atoms with Crippen LogP contribution in [-0.2, 0) is 4.79 Å². The number of nitrogens with one attached hydrogen (secondary N) is 2. The van der Waals surface area contributed by atoms with Crippen molar-refractivity contribution in [2.75, 3.05) is 13.1 Å². The van der Waals surface area contributed by atoms with Crippen molar-refractivity contribution in [1.29, 1.82) is 0 Å². The first-order valence-electron chi connectivity index (χ1n) is 7.56. The van der Waals surface area contributed by atoms with E-state index in [2.05, 4.69) is 31.4 Å². The van der Waals surface area contributed by atoms with E-state index in [0.717, 1.165) is 18.9 Å². The minimum atomic E-state index is 0.115. The van der Waals surface area contributed by atoms with Crippen LogP contribution in [0.1, 0.15) is 66.2 Å². The summed E-state index contributed by atoms with van der Waals surface area (Å²) in [5.74, 6) is 0.941. The summed E-state index contributed by atoms with van der Waals surface area (Å²) >= 11 is 0. The maximum Gasteiger partial charge on any atom is 0.234 e. The zero-order valence-electron chi connectivity index (χ0n) is 12.7. The van der Waals surface area contributed by atoms with E-state index in [1.165, 1.54) is 32.1 Å². The van der Waals surface area contributed by atoms with Crippen molar-refractivity contribution in [2.24, 2.45) is 5.92 Å². The average molecular weight is 256 g/mol. The summed E-state index contributed by atoms with van der Waals surface area (Å²) in [5.41, 5.74) is 0. The molecule has 1 atom stereocenters. The van der Waals surface area contributed by atoms with Crippen LogP contribution in [0, 0.1) is 5.92 Å². The second-order valence-electron chi connectivity index (χ2n) is 5.65. The van der Waals surface area contributed by atoms with Crippen molar-refractivity contribution in [1.82, 2.24) is 10.6 Å². The van der Waals surface area contributed by atoms with Crippen LogP contribution in [-0.4, -0.2) is 25.0 Å². The minimum Gasteiger partial charge on any atom is -0.353 e. The SMILES string of the molecule is CCC(C)NC(=O)CNCCCCCCC(C)C. The van der Waals surface area contributed by atoms with Crippen LogP contribution in [0.3, 0.4) is 0 Å². The standard InChI is InChI=1S/C15H32N2O/c1-5-14(4)17-15(18)12-16-11-9-7-6-8-10-13(2)3/h13-14,16H,5-12H2,1-4H3,(H,17,18). The van der Waals surface area contributed by atoms with Crippen molar-refractivity contribution < 1.29 is 4.79 Å². The molecule has 0 radical (unpaired) electrons. The van der Waals surface area contributed by atoms with Gasteiger partial charge >= 0.3 is 0 Å². The number of carbonyl (C=O) groups is 1. The van der Waals surface area contributed by atoms with Gasteiger partial charge in [0.2, 0.25) is 5.91 Å². The molecule has 0 aromatic carbocycles. The Bertz CT molecular complexity index is 205. The summed E-state index contributed by atoms with van der Waals surface area (Å²) in [7, 11) is 0. The van der Waals surface area contributed by atoms with Gasteiger partial charge in [0, 0.05) is 6.04 Å². The van der Waals surface area contributed by atoms with Gasteiger partial charge in [-0.25, -0.2) is 0 Å². The summed E-state index contributed by atoms with van der Waals surface area (Å²) < 4.78 is 0. The molecule has 0 fully saturated rings. The largest absolute Gasteiger partial charge is 0.353 e. The molecule has 0 aliphatic heterocycles. The highest BCUT2D eigenvalue weighted by molar-refractivity contribution is 5.78. The van der Waals surface area contributed by atoms with Crippen LogP contribution >= 0.6 is 0 Å². The molecule has 3 nitrogen and oxygen atoms in total. The second-order valence-corrected chi connectivity index (χ2v) is 5.65. The molecule has 0 aliphatic rings. The molecule has 1 unspecified atom stereocenters. The van der Waals surface area contributed by atoms with Gasteiger partial charge in [0.1, 0.15) is 0 Å². The van der Waals surface area contributed by atoms with Crippen LogP contribution in [0.25, 0.3) is 0 Å². The number of hydrogen-bond acceptors (Lipinski definition) is 2. The summed E-state index contributed by atoms with van der Waals surface area (Å²) in [6.45, 7) is 10.1. The van der Waals surface area contributed by atoms with Gasteiger partial charge in [-0.15, -0.1) is 0 Å². The predicted octanol–water partition coefficient (Wildman–Crippen LogP) is 3.10. The van der Waals surface area contributed by atoms with Crippen LogP contribution in [0.15, 0.2) is 0 Å². The third-order valence-electron chi connectivity index (χ3n) is 3.19. The third kappa shape index (κ3) is 11.9. The Morgan fingerprint density at radius 2 is 1.72 bits per heavy atom. The van der Waals surface area contributed by atoms with E-state index < -0.39 is 0 Å². The van der Waals surface area contributed by atoms with Crippen molar-refractivity contribution in [2.45, 2.75) is 72.3 Å². The van der Waals surface area contributed by atoms with E-state index in [0.29, 0.717) is 6.54 Å². The monoisotopic (exact) mass is 256 g/mol. The molecule has 3 heteroatoms. The number of carbonyl (C=O) groups excluding carboxylic acids is 1. The van der Waals surface area contributed by atoms with E-state index in [1.54, 1.807) is 0 Å². The fraction of sp³-hybridized carbons (Fsp3) is 0.933. The molecule has 0 saturated heterocycles. The van der Waals surface area contributed by atoms with Crippen molar-refractivity contribution in [3.05, 3.63) is 0 Å². The number of hydrogen-bond donors (Lipinski definition) is 2. The van der Waals surface area contributed by atoms with Gasteiger partial charge < -0.3 is 10.6 Å². The fourth-order valence-electron chi connectivity index (χ4n) is 1.79. The molecule has 0 heterocycles. The Morgan fingerprint density at radius 3 is 2.33 bits per heavy atom. The van der Waals surface area contributed by atoms with Gasteiger partial charge in [-0.3, -0.25) is 4.79 Å². The summed E-state index contributed by atoms with van der Waals surface area (Å²) in [6, 6.07) is 0.287. The molecule has 2 N–H and O–H groups in total. The van der Waals surface area contributed by atoms with Gasteiger partial charge in [-0.2, -0.15) is 0 Å². The zero-order valence-corrected chi connectivity index (χ0v) is 12.7. The molecular formula is C15H32N2O. The Labute approximate surface area is 113 Å². The normalized spacial score (nSPS) is 12.7. The predicted molar refractivity (Wildman–Crippen MR) is 78.7 cm³/mol. The molecule has 1 amide bonds. The first-order chi connectivity index (χ1) is 8.56. The second kappa shape index (κ2) is 11.5. The Hall–Kier alpha value is -0.570. The van der Waals surface area contributed by atoms with Gasteiger partial charge in [-0.1, -0.05) is 46.5 Å². The lowest BCUT2D eigenvalue weighted by Gasteiger charge is -2.11. The molecule has 18 heavy (non-hydrogen) atoms. The minimum absolute atomic E-state index is 0.115.